The Morgan fingerprint density at radius 1 is 2.00 bits per heavy atom. The summed E-state index contributed by atoms with van der Waals surface area (Å²) in [5.74, 6) is 0. The second kappa shape index (κ2) is 17.0. The van der Waals surface area contributed by atoms with Crippen LogP contribution in [0.5, 0.6) is 0 Å². The molecule has 0 saturated carbocycles. The van der Waals surface area contributed by atoms with Crippen molar-refractivity contribution in [3.8, 4) is 0 Å². The van der Waals surface area contributed by atoms with Crippen LogP contribution < -0.4 is 0 Å². The van der Waals surface area contributed by atoms with Gasteiger partial charge in [0.05, 0.1) is 1.37 Å². The second-order valence-electron chi connectivity index (χ2n) is 0.500. The Balaban J connectivity index is -0.0000000800. The first-order valence-corrected chi connectivity index (χ1v) is 1.21. The number of allylic oxidation sites excluding steroid dienone is 1. The first-order chi connectivity index (χ1) is 2.27. The van der Waals surface area contributed by atoms with Gasteiger partial charge in [-0.25, -0.2) is 0 Å². The van der Waals surface area contributed by atoms with Gasteiger partial charge in [-0.15, -0.1) is 12.6 Å². The third-order valence-corrected chi connectivity index (χ3v) is 0.177. The predicted molar refractivity (Wildman–Crippen MR) is 26.6 cm³/mol. The van der Waals surface area contributed by atoms with Crippen molar-refractivity contribution in [3.63, 3.8) is 0 Å². The maximum Gasteiger partial charge on any atom is 0.0542 e. The second-order valence-corrected chi connectivity index (χ2v) is 0.500. The van der Waals surface area contributed by atoms with Crippen LogP contribution in [0.1, 0.15) is 7.79 Å². The zero-order valence-electron chi connectivity index (χ0n) is 5.20. The molecule has 0 amide bonds. The molecular formula is C5H10Y-2. The minimum atomic E-state index is 0. The fourth-order valence-corrected chi connectivity index (χ4v) is 0. The van der Waals surface area contributed by atoms with Crippen LogP contribution in [0.3, 0.4) is 0 Å². The molecule has 0 aromatic rings. The average Bonchev–Trinajstić information content (AvgIpc) is 1.38. The van der Waals surface area contributed by atoms with Crippen molar-refractivity contribution in [1.29, 1.82) is 0 Å². The molecule has 0 atom stereocenters. The smallest absolute Gasteiger partial charge is 0.0542 e. The summed E-state index contributed by atoms with van der Waals surface area (Å²) in [6.07, 6.45) is 0.528. The molecule has 6 heavy (non-hydrogen) atoms. The zero-order valence-corrected chi connectivity index (χ0v) is 7.04. The summed E-state index contributed by atoms with van der Waals surface area (Å²) >= 11 is 0. The maximum absolute atomic E-state index is 6.57. The van der Waals surface area contributed by atoms with E-state index in [2.05, 4.69) is 13.5 Å². The normalized spacial score (nSPS) is 6.50. The van der Waals surface area contributed by atoms with E-state index in [9.17, 15) is 0 Å². The van der Waals surface area contributed by atoms with Gasteiger partial charge in [-0.1, -0.05) is 0 Å². The quantitative estimate of drug-likeness (QED) is 0.405. The van der Waals surface area contributed by atoms with E-state index < -0.39 is 0 Å². The third kappa shape index (κ3) is 21.1. The minimum absolute atomic E-state index is 0. The monoisotopic (exact) mass is 160 g/mol. The Hall–Kier alpha value is 0.844. The molecule has 0 spiro atoms. The van der Waals surface area contributed by atoms with Crippen LogP contribution >= 0.6 is 0 Å². The molecule has 1 radical (unpaired) electrons. The van der Waals surface area contributed by atoms with Crippen molar-refractivity contribution in [2.75, 3.05) is 0 Å². The third-order valence-electron chi connectivity index (χ3n) is 0.177. The molecule has 0 unspecified atom stereocenters. The van der Waals surface area contributed by atoms with Gasteiger partial charge in [0.1, 0.15) is 0 Å². The molecule has 0 aliphatic carbocycles. The fourth-order valence-electron chi connectivity index (χ4n) is 0. The topological polar surface area (TPSA) is 0 Å². The van der Waals surface area contributed by atoms with Gasteiger partial charge in [0, 0.05) is 32.7 Å². The van der Waals surface area contributed by atoms with E-state index >= 15 is 0 Å². The van der Waals surface area contributed by atoms with Crippen molar-refractivity contribution in [1.82, 2.24) is 0 Å². The summed E-state index contributed by atoms with van der Waals surface area (Å²) in [5, 5.41) is 0. The first kappa shape index (κ1) is 9.96. The Kier molecular flexibility index (Phi) is 28.1. The molecule has 0 fully saturated rings. The van der Waals surface area contributed by atoms with Gasteiger partial charge in [0.2, 0.25) is 0 Å². The summed E-state index contributed by atoms with van der Waals surface area (Å²) < 4.78 is 6.57. The number of rotatable bonds is 1. The van der Waals surface area contributed by atoms with Gasteiger partial charge in [0.15, 0.2) is 0 Å². The standard InChI is InChI=1S/C4H7.CH3.Y/c1-3-4-2;;/h3H,1-2,4H2;1H3;/q2*-1;/i3D;;. The Morgan fingerprint density at radius 3 is 2.17 bits per heavy atom. The summed E-state index contributed by atoms with van der Waals surface area (Å²) in [4.78, 5) is 0. The molecular weight excluding hydrogens is 149 g/mol. The van der Waals surface area contributed by atoms with Crippen LogP contribution in [0.2, 0.25) is 0 Å². The fraction of sp³-hybridized carbons (Fsp3) is 0.200. The van der Waals surface area contributed by atoms with E-state index in [0.29, 0.717) is 12.5 Å². The minimum Gasteiger partial charge on any atom is -0.358 e. The first-order valence-electron chi connectivity index (χ1n) is 1.71. The average molecular weight is 160 g/mol. The summed E-state index contributed by atoms with van der Waals surface area (Å²) in [6.45, 7) is 6.68. The number of hydrogen-bond donors (Lipinski definition) is 0. The van der Waals surface area contributed by atoms with Crippen LogP contribution in [0.4, 0.5) is 0 Å². The molecule has 0 saturated heterocycles. The Labute approximate surface area is 67.3 Å². The van der Waals surface area contributed by atoms with Crippen molar-refractivity contribution >= 4 is 0 Å². The van der Waals surface area contributed by atoms with Gasteiger partial charge in [-0.3, -0.25) is 0 Å². The SMILES string of the molecule is [2H]C(=C)C[CH2-].[CH3-].[Y]. The van der Waals surface area contributed by atoms with Crippen LogP contribution in [0.25, 0.3) is 0 Å². The van der Waals surface area contributed by atoms with Gasteiger partial charge in [-0.2, -0.15) is 6.42 Å². The molecule has 0 aromatic carbocycles. The van der Waals surface area contributed by atoms with Crippen molar-refractivity contribution in [3.05, 3.63) is 27.0 Å². The summed E-state index contributed by atoms with van der Waals surface area (Å²) in [6, 6.07) is 0.394. The van der Waals surface area contributed by atoms with E-state index in [1.807, 2.05) is 0 Å². The number of hydrogen-bond acceptors (Lipinski definition) is 0. The van der Waals surface area contributed by atoms with Crippen molar-refractivity contribution < 1.29 is 34.1 Å². The molecule has 35 valence electrons. The largest absolute Gasteiger partial charge is 0.358 e. The van der Waals surface area contributed by atoms with Crippen LogP contribution in [0, 0.1) is 14.4 Å². The molecule has 0 bridgehead atoms. The molecule has 1 heteroatoms. The molecule has 0 N–H and O–H groups in total. The van der Waals surface area contributed by atoms with Crippen LogP contribution in [-0.4, -0.2) is 0 Å². The maximum atomic E-state index is 6.57. The van der Waals surface area contributed by atoms with E-state index in [1.54, 1.807) is 0 Å². The van der Waals surface area contributed by atoms with Crippen LogP contribution in [-0.2, 0) is 32.7 Å². The van der Waals surface area contributed by atoms with E-state index in [-0.39, 0.29) is 40.1 Å². The van der Waals surface area contributed by atoms with Crippen molar-refractivity contribution in [2.24, 2.45) is 0 Å². The molecule has 0 aliphatic heterocycles. The van der Waals surface area contributed by atoms with Gasteiger partial charge >= 0.3 is 0 Å². The Bertz CT molecular complexity index is 43.3. The van der Waals surface area contributed by atoms with E-state index in [1.165, 1.54) is 0 Å². The van der Waals surface area contributed by atoms with Crippen molar-refractivity contribution in [2.45, 2.75) is 6.42 Å². The molecule has 0 rings (SSSR count). The summed E-state index contributed by atoms with van der Waals surface area (Å²) in [5.41, 5.74) is 0. The van der Waals surface area contributed by atoms with Gasteiger partial charge in [-0.05, 0) is 0 Å². The van der Waals surface area contributed by atoms with E-state index in [4.69, 9.17) is 1.37 Å². The predicted octanol–water partition coefficient (Wildman–Crippen LogP) is 1.84. The molecule has 0 nitrogen and oxygen atoms in total. The van der Waals surface area contributed by atoms with E-state index in [0.717, 1.165) is 0 Å². The van der Waals surface area contributed by atoms with Crippen LogP contribution in [0.15, 0.2) is 12.6 Å². The molecule has 0 aliphatic rings. The van der Waals surface area contributed by atoms with Gasteiger partial charge in [0.25, 0.3) is 0 Å². The molecule has 0 heterocycles. The zero-order chi connectivity index (χ0) is 4.28. The molecule has 0 aromatic heterocycles. The summed E-state index contributed by atoms with van der Waals surface area (Å²) in [7, 11) is 0. The van der Waals surface area contributed by atoms with Gasteiger partial charge < -0.3 is 14.4 Å². The Morgan fingerprint density at radius 2 is 2.17 bits per heavy atom.